The second kappa shape index (κ2) is 13.5. The summed E-state index contributed by atoms with van der Waals surface area (Å²) in [6.45, 7) is 2.71. The molecule has 0 aliphatic carbocycles. The number of nitrogens with two attached hydrogens (primary N) is 1. The maximum Gasteiger partial charge on any atom is 0.293 e. The van der Waals surface area contributed by atoms with Gasteiger partial charge in [0, 0.05) is 12.7 Å². The zero-order valence-electron chi connectivity index (χ0n) is 16.3. The van der Waals surface area contributed by atoms with Crippen molar-refractivity contribution < 1.29 is 49.7 Å². The van der Waals surface area contributed by atoms with Gasteiger partial charge in [0.1, 0.15) is 12.9 Å². The van der Waals surface area contributed by atoms with E-state index in [2.05, 4.69) is 9.47 Å². The Balaban J connectivity index is 0.000000423. The molecule has 0 spiro atoms. The average molecular weight is 427 g/mol. The number of phenolic OH excluding ortho intramolecular Hbond substituents is 6. The predicted molar refractivity (Wildman–Crippen MR) is 105 cm³/mol. The van der Waals surface area contributed by atoms with Crippen LogP contribution in [0.5, 0.6) is 34.5 Å². The molecule has 11 nitrogen and oxygen atoms in total. The van der Waals surface area contributed by atoms with E-state index in [1.165, 1.54) is 12.1 Å². The van der Waals surface area contributed by atoms with Gasteiger partial charge in [-0.3, -0.25) is 9.59 Å². The van der Waals surface area contributed by atoms with Crippen molar-refractivity contribution in [2.24, 2.45) is 5.73 Å². The molecule has 0 saturated heterocycles. The van der Waals surface area contributed by atoms with E-state index in [0.29, 0.717) is 24.9 Å². The van der Waals surface area contributed by atoms with Gasteiger partial charge in [0.25, 0.3) is 6.47 Å². The molecule has 0 amide bonds. The van der Waals surface area contributed by atoms with Crippen LogP contribution in [0.3, 0.4) is 0 Å². The van der Waals surface area contributed by atoms with Crippen LogP contribution in [-0.4, -0.2) is 69.8 Å². The molecule has 166 valence electrons. The fourth-order valence-electron chi connectivity index (χ4n) is 1.86. The minimum atomic E-state index is -0.615. The number of ether oxygens (including phenoxy) is 2. The zero-order valence-corrected chi connectivity index (χ0v) is 16.3. The lowest BCUT2D eigenvalue weighted by Gasteiger charge is -2.06. The van der Waals surface area contributed by atoms with Gasteiger partial charge in [0.15, 0.2) is 34.5 Å². The van der Waals surface area contributed by atoms with Gasteiger partial charge < -0.3 is 45.8 Å². The van der Waals surface area contributed by atoms with E-state index in [4.69, 9.17) is 36.4 Å². The van der Waals surface area contributed by atoms with Gasteiger partial charge in [-0.2, -0.15) is 0 Å². The van der Waals surface area contributed by atoms with E-state index >= 15 is 0 Å². The fourth-order valence-corrected chi connectivity index (χ4v) is 1.86. The Labute approximate surface area is 172 Å². The Morgan fingerprint density at radius 1 is 0.867 bits per heavy atom. The second-order valence-electron chi connectivity index (χ2n) is 5.82. The minimum Gasteiger partial charge on any atom is -0.504 e. The van der Waals surface area contributed by atoms with Gasteiger partial charge in [-0.15, -0.1) is 0 Å². The van der Waals surface area contributed by atoms with Gasteiger partial charge >= 0.3 is 0 Å². The lowest BCUT2D eigenvalue weighted by molar-refractivity contribution is -0.129. The van der Waals surface area contributed by atoms with Crippen LogP contribution in [0.1, 0.15) is 15.9 Å². The number of aromatic hydroxyl groups is 6. The first-order valence-electron chi connectivity index (χ1n) is 8.28. The first-order chi connectivity index (χ1) is 14.1. The second-order valence-corrected chi connectivity index (χ2v) is 5.82. The van der Waals surface area contributed by atoms with Crippen LogP contribution in [0.4, 0.5) is 0 Å². The molecule has 1 atom stereocenters. The molecule has 0 aliphatic heterocycles. The molecule has 30 heavy (non-hydrogen) atoms. The number of rotatable bonds is 6. The molecule has 0 saturated carbocycles. The molecule has 8 N–H and O–H groups in total. The van der Waals surface area contributed by atoms with Crippen LogP contribution in [0.25, 0.3) is 0 Å². The molecule has 0 fully saturated rings. The molecular formula is C19H25NO10. The lowest BCUT2D eigenvalue weighted by atomic mass is 10.2. The molecule has 0 aromatic heterocycles. The van der Waals surface area contributed by atoms with Crippen LogP contribution in [-0.2, 0) is 14.3 Å². The van der Waals surface area contributed by atoms with E-state index in [0.717, 1.165) is 12.1 Å². The van der Waals surface area contributed by atoms with Crippen molar-refractivity contribution in [3.05, 3.63) is 35.4 Å². The largest absolute Gasteiger partial charge is 0.504 e. The summed E-state index contributed by atoms with van der Waals surface area (Å²) >= 11 is 0. The van der Waals surface area contributed by atoms with Crippen molar-refractivity contribution in [3.8, 4) is 34.5 Å². The topological polar surface area (TPSA) is 200 Å². The number of aldehydes is 1. The highest BCUT2D eigenvalue weighted by Crippen LogP contribution is 2.35. The molecule has 0 bridgehead atoms. The summed E-state index contributed by atoms with van der Waals surface area (Å²) in [6, 6.07) is 4.65. The maximum absolute atomic E-state index is 10.1. The molecule has 2 aromatic carbocycles. The van der Waals surface area contributed by atoms with Gasteiger partial charge in [-0.05, 0) is 36.8 Å². The van der Waals surface area contributed by atoms with E-state index in [1.807, 2.05) is 0 Å². The smallest absolute Gasteiger partial charge is 0.293 e. The van der Waals surface area contributed by atoms with Gasteiger partial charge in [-0.25, -0.2) is 0 Å². The Hall–Kier alpha value is -3.70. The molecular weight excluding hydrogens is 402 g/mol. The molecule has 0 radical (unpaired) electrons. The van der Waals surface area contributed by atoms with E-state index in [1.54, 1.807) is 14.0 Å². The van der Waals surface area contributed by atoms with Crippen LogP contribution >= 0.6 is 0 Å². The Kier molecular flexibility index (Phi) is 11.8. The monoisotopic (exact) mass is 427 g/mol. The fraction of sp³-hybridized carbons (Fsp3) is 0.263. The summed E-state index contributed by atoms with van der Waals surface area (Å²) in [5.74, 6) is -2.68. The first-order valence-corrected chi connectivity index (χ1v) is 8.28. The van der Waals surface area contributed by atoms with Gasteiger partial charge in [-0.1, -0.05) is 0 Å². The highest BCUT2D eigenvalue weighted by Gasteiger charge is 2.06. The molecule has 2 rings (SSSR count). The lowest BCUT2D eigenvalue weighted by Crippen LogP contribution is -2.30. The number of benzene rings is 2. The van der Waals surface area contributed by atoms with Gasteiger partial charge in [0.05, 0.1) is 12.6 Å². The summed E-state index contributed by atoms with van der Waals surface area (Å²) in [6.07, 6.45) is 0.457. The van der Waals surface area contributed by atoms with E-state index in [9.17, 15) is 9.59 Å². The Morgan fingerprint density at radius 2 is 1.30 bits per heavy atom. The SMILES string of the molecule is COCC(N)COC=O.Cc1cc(O)c(O)c(O)c1.O=Cc1cc(O)c(O)c(O)c1. The summed E-state index contributed by atoms with van der Waals surface area (Å²) in [5, 5.41) is 53.1. The summed E-state index contributed by atoms with van der Waals surface area (Å²) < 4.78 is 9.04. The van der Waals surface area contributed by atoms with Gasteiger partial charge in [0.2, 0.25) is 0 Å². The van der Waals surface area contributed by atoms with Crippen LogP contribution < -0.4 is 5.73 Å². The number of hydrogen-bond acceptors (Lipinski definition) is 11. The van der Waals surface area contributed by atoms with E-state index < -0.39 is 23.0 Å². The van der Waals surface area contributed by atoms with Crippen molar-refractivity contribution in [2.75, 3.05) is 20.3 Å². The number of hydrogen-bond donors (Lipinski definition) is 7. The number of aryl methyl sites for hydroxylation is 1. The first kappa shape index (κ1) is 26.3. The van der Waals surface area contributed by atoms with Crippen molar-refractivity contribution >= 4 is 12.8 Å². The summed E-state index contributed by atoms with van der Waals surface area (Å²) in [7, 11) is 1.54. The van der Waals surface area contributed by atoms with Crippen LogP contribution in [0, 0.1) is 6.92 Å². The molecule has 11 heteroatoms. The van der Waals surface area contributed by atoms with E-state index in [-0.39, 0.29) is 29.7 Å². The molecule has 0 heterocycles. The van der Waals surface area contributed by atoms with Crippen molar-refractivity contribution in [1.29, 1.82) is 0 Å². The molecule has 1 unspecified atom stereocenters. The standard InChI is InChI=1S/C7H6O4.C7H8O3.C5H11NO3/c8-3-4-1-5(9)7(11)6(10)2-4;1-4-2-5(8)7(10)6(9)3-4;1-8-2-5(6)3-9-4-7/h1-3,9-11H;2-3,8-10H,1H3;4-5H,2-3,6H2,1H3. The highest BCUT2D eigenvalue weighted by molar-refractivity contribution is 5.78. The van der Waals surface area contributed by atoms with Crippen molar-refractivity contribution in [3.63, 3.8) is 0 Å². The highest BCUT2D eigenvalue weighted by atomic mass is 16.5. The molecule has 0 aliphatic rings. The Bertz CT molecular complexity index is 779. The quantitative estimate of drug-likeness (QED) is 0.255. The normalized spacial score (nSPS) is 10.5. The number of carbonyl (C=O) groups excluding carboxylic acids is 2. The third-order valence-corrected chi connectivity index (χ3v) is 3.20. The zero-order chi connectivity index (χ0) is 23.3. The Morgan fingerprint density at radius 3 is 1.67 bits per heavy atom. The van der Waals surface area contributed by atoms with Crippen LogP contribution in [0.15, 0.2) is 24.3 Å². The number of phenols is 6. The third-order valence-electron chi connectivity index (χ3n) is 3.20. The predicted octanol–water partition coefficient (Wildman–Crippen LogP) is 0.861. The average Bonchev–Trinajstić information content (AvgIpc) is 2.69. The minimum absolute atomic E-state index is 0.109. The molecule has 2 aromatic rings. The van der Waals surface area contributed by atoms with Crippen molar-refractivity contribution in [2.45, 2.75) is 13.0 Å². The summed E-state index contributed by atoms with van der Waals surface area (Å²) in [5.41, 5.74) is 6.17. The van der Waals surface area contributed by atoms with Crippen LogP contribution in [0.2, 0.25) is 0 Å². The summed E-state index contributed by atoms with van der Waals surface area (Å²) in [4.78, 5) is 19.7. The number of carbonyl (C=O) groups is 2. The van der Waals surface area contributed by atoms with Crippen molar-refractivity contribution in [1.82, 2.24) is 0 Å². The number of methoxy groups -OCH3 is 1. The maximum atomic E-state index is 10.1. The third kappa shape index (κ3) is 9.48.